The Balaban J connectivity index is 3.68. The molecule has 0 aromatic heterocycles. The van der Waals surface area contributed by atoms with Crippen LogP contribution in [0.25, 0.3) is 0 Å². The van der Waals surface area contributed by atoms with E-state index in [0.29, 0.717) is 6.29 Å². The van der Waals surface area contributed by atoms with Crippen LogP contribution in [-0.2, 0) is 9.05 Å². The third-order valence-corrected chi connectivity index (χ3v) is 4.04. The maximum absolute atomic E-state index is 11.1. The van der Waals surface area contributed by atoms with Crippen LogP contribution in [0.1, 0.15) is 15.9 Å². The molecule has 0 heterocycles. The van der Waals surface area contributed by atoms with Gasteiger partial charge in [0.2, 0.25) is 0 Å². The van der Waals surface area contributed by atoms with Gasteiger partial charge < -0.3 is 0 Å². The largest absolute Gasteiger partial charge is 0.298 e. The highest BCUT2D eigenvalue weighted by atomic mass is 79.9. The van der Waals surface area contributed by atoms with Crippen LogP contribution in [0, 0.1) is 11.3 Å². The van der Waals surface area contributed by atoms with Gasteiger partial charge in [0.1, 0.15) is 12.4 Å². The van der Waals surface area contributed by atoms with E-state index in [1.165, 1.54) is 6.07 Å². The highest BCUT2D eigenvalue weighted by Gasteiger charge is 2.18. The van der Waals surface area contributed by atoms with E-state index in [1.54, 1.807) is 6.07 Å². The second-order valence-electron chi connectivity index (χ2n) is 2.55. The van der Waals surface area contributed by atoms with Crippen LogP contribution >= 0.6 is 26.6 Å². The Morgan fingerprint density at radius 2 is 2.07 bits per heavy atom. The molecule has 1 rings (SSSR count). The number of rotatable bonds is 2. The Morgan fingerprint density at radius 3 is 2.47 bits per heavy atom. The molecule has 0 aliphatic rings. The number of benzene rings is 1. The molecular formula is C8H3BrClNO3S. The van der Waals surface area contributed by atoms with Crippen molar-refractivity contribution in [2.75, 3.05) is 0 Å². The molecule has 0 aliphatic heterocycles. The lowest BCUT2D eigenvalue weighted by atomic mass is 10.1. The van der Waals surface area contributed by atoms with E-state index in [9.17, 15) is 13.2 Å². The predicted molar refractivity (Wildman–Crippen MR) is 57.3 cm³/mol. The van der Waals surface area contributed by atoms with Crippen molar-refractivity contribution < 1.29 is 13.2 Å². The average Bonchev–Trinajstić information content (AvgIpc) is 2.16. The van der Waals surface area contributed by atoms with Gasteiger partial charge in [-0.2, -0.15) is 5.26 Å². The van der Waals surface area contributed by atoms with Crippen LogP contribution in [-0.4, -0.2) is 14.7 Å². The molecule has 4 nitrogen and oxygen atoms in total. The summed E-state index contributed by atoms with van der Waals surface area (Å²) in [5, 5.41) is 8.69. The van der Waals surface area contributed by atoms with Gasteiger partial charge in [-0.05, 0) is 28.1 Å². The molecule has 0 N–H and O–H groups in total. The molecule has 0 spiro atoms. The van der Waals surface area contributed by atoms with E-state index in [2.05, 4.69) is 15.9 Å². The van der Waals surface area contributed by atoms with Crippen molar-refractivity contribution in [3.63, 3.8) is 0 Å². The third kappa shape index (κ3) is 2.56. The van der Waals surface area contributed by atoms with Gasteiger partial charge in [-0.1, -0.05) is 0 Å². The van der Waals surface area contributed by atoms with Gasteiger partial charge in [0.15, 0.2) is 0 Å². The molecule has 0 atom stereocenters. The summed E-state index contributed by atoms with van der Waals surface area (Å²) >= 11 is 2.94. The standard InChI is InChI=1S/C8H3BrClNO3S/c9-8-6(3-11)1-5(4-12)2-7(8)15(10,13)14/h1-2,4H. The summed E-state index contributed by atoms with van der Waals surface area (Å²) in [6.07, 6.45) is 0.443. The zero-order valence-electron chi connectivity index (χ0n) is 7.07. The number of hydrogen-bond donors (Lipinski definition) is 0. The number of carbonyl (C=O) groups excluding carboxylic acids is 1. The first-order chi connectivity index (χ1) is 6.90. The lowest BCUT2D eigenvalue weighted by Crippen LogP contribution is -1.97. The number of nitriles is 1. The van der Waals surface area contributed by atoms with E-state index in [1.807, 2.05) is 0 Å². The maximum atomic E-state index is 11.1. The number of hydrogen-bond acceptors (Lipinski definition) is 4. The SMILES string of the molecule is N#Cc1cc(C=O)cc(S(=O)(=O)Cl)c1Br. The van der Waals surface area contributed by atoms with Gasteiger partial charge in [-0.25, -0.2) is 8.42 Å². The highest BCUT2D eigenvalue weighted by molar-refractivity contribution is 9.10. The van der Waals surface area contributed by atoms with Crippen LogP contribution in [0.15, 0.2) is 21.5 Å². The molecule has 7 heteroatoms. The summed E-state index contributed by atoms with van der Waals surface area (Å²) in [6, 6.07) is 4.12. The number of aldehydes is 1. The van der Waals surface area contributed by atoms with E-state index < -0.39 is 9.05 Å². The molecule has 0 saturated heterocycles. The van der Waals surface area contributed by atoms with Gasteiger partial charge in [0.25, 0.3) is 9.05 Å². The molecule has 0 saturated carbocycles. The molecular weight excluding hydrogens is 306 g/mol. The molecule has 0 radical (unpaired) electrons. The van der Waals surface area contributed by atoms with Crippen LogP contribution in [0.4, 0.5) is 0 Å². The normalized spacial score (nSPS) is 10.7. The zero-order chi connectivity index (χ0) is 11.6. The van der Waals surface area contributed by atoms with E-state index >= 15 is 0 Å². The summed E-state index contributed by atoms with van der Waals surface area (Å²) < 4.78 is 22.3. The van der Waals surface area contributed by atoms with Crippen molar-refractivity contribution in [3.05, 3.63) is 27.7 Å². The van der Waals surface area contributed by atoms with Crippen molar-refractivity contribution in [1.29, 1.82) is 5.26 Å². The average molecular weight is 309 g/mol. The quantitative estimate of drug-likeness (QED) is 0.619. The highest BCUT2D eigenvalue weighted by Crippen LogP contribution is 2.29. The molecule has 15 heavy (non-hydrogen) atoms. The summed E-state index contributed by atoms with van der Waals surface area (Å²) in [7, 11) is 1.16. The predicted octanol–water partition coefficient (Wildman–Crippen LogP) is 2.06. The second kappa shape index (κ2) is 4.31. The fraction of sp³-hybridized carbons (Fsp3) is 0. The minimum absolute atomic E-state index is 0.0406. The Labute approximate surface area is 99.0 Å². The topological polar surface area (TPSA) is 75.0 Å². The minimum Gasteiger partial charge on any atom is -0.298 e. The molecule has 1 aromatic carbocycles. The summed E-state index contributed by atoms with van der Waals surface area (Å²) in [5.74, 6) is 0. The number of carbonyl (C=O) groups is 1. The molecule has 0 amide bonds. The van der Waals surface area contributed by atoms with E-state index in [-0.39, 0.29) is 20.5 Å². The van der Waals surface area contributed by atoms with E-state index in [0.717, 1.165) is 6.07 Å². The lowest BCUT2D eigenvalue weighted by Gasteiger charge is -2.03. The molecule has 0 bridgehead atoms. The third-order valence-electron chi connectivity index (χ3n) is 1.58. The second-order valence-corrected chi connectivity index (χ2v) is 5.88. The van der Waals surface area contributed by atoms with Gasteiger partial charge >= 0.3 is 0 Å². The minimum atomic E-state index is -3.98. The van der Waals surface area contributed by atoms with E-state index in [4.69, 9.17) is 15.9 Å². The number of halogens is 2. The Morgan fingerprint density at radius 1 is 1.47 bits per heavy atom. The first-order valence-electron chi connectivity index (χ1n) is 3.53. The molecule has 0 fully saturated rings. The monoisotopic (exact) mass is 307 g/mol. The molecule has 1 aromatic rings. The Hall–Kier alpha value is -0.900. The lowest BCUT2D eigenvalue weighted by molar-refractivity contribution is 0.112. The summed E-state index contributed by atoms with van der Waals surface area (Å²) in [5.41, 5.74) is 0.118. The first kappa shape index (κ1) is 12.2. The van der Waals surface area contributed by atoms with Gasteiger partial charge in [-0.15, -0.1) is 0 Å². The molecule has 0 unspecified atom stereocenters. The number of nitrogens with zero attached hydrogens (tertiary/aromatic N) is 1. The Bertz CT molecular complexity index is 562. The van der Waals surface area contributed by atoms with Crippen LogP contribution in [0.5, 0.6) is 0 Å². The fourth-order valence-corrected chi connectivity index (χ4v) is 3.15. The summed E-state index contributed by atoms with van der Waals surface area (Å²) in [6.45, 7) is 0. The maximum Gasteiger partial charge on any atom is 0.262 e. The van der Waals surface area contributed by atoms with Gasteiger partial charge in [-0.3, -0.25) is 4.79 Å². The van der Waals surface area contributed by atoms with Gasteiger partial charge in [0.05, 0.1) is 14.9 Å². The Kier molecular flexibility index (Phi) is 3.50. The van der Waals surface area contributed by atoms with Crippen molar-refractivity contribution in [3.8, 4) is 6.07 Å². The smallest absolute Gasteiger partial charge is 0.262 e. The molecule has 78 valence electrons. The fourth-order valence-electron chi connectivity index (χ4n) is 0.946. The van der Waals surface area contributed by atoms with Gasteiger partial charge in [0, 0.05) is 16.2 Å². The van der Waals surface area contributed by atoms with Crippen LogP contribution in [0.3, 0.4) is 0 Å². The van der Waals surface area contributed by atoms with Crippen molar-refractivity contribution in [2.24, 2.45) is 0 Å². The molecule has 0 aliphatic carbocycles. The first-order valence-corrected chi connectivity index (χ1v) is 6.64. The summed E-state index contributed by atoms with van der Waals surface area (Å²) in [4.78, 5) is 10.2. The van der Waals surface area contributed by atoms with Crippen molar-refractivity contribution >= 4 is 41.9 Å². The zero-order valence-corrected chi connectivity index (χ0v) is 10.2. The van der Waals surface area contributed by atoms with Crippen LogP contribution in [0.2, 0.25) is 0 Å². The van der Waals surface area contributed by atoms with Crippen LogP contribution < -0.4 is 0 Å². The van der Waals surface area contributed by atoms with Crippen molar-refractivity contribution in [1.82, 2.24) is 0 Å². The van der Waals surface area contributed by atoms with Crippen molar-refractivity contribution in [2.45, 2.75) is 4.90 Å².